The second kappa shape index (κ2) is 9.81. The number of halogens is 3. The van der Waals surface area contributed by atoms with Gasteiger partial charge in [-0.1, -0.05) is 37.3 Å². The Morgan fingerprint density at radius 1 is 0.972 bits per heavy atom. The fraction of sp³-hybridized carbons (Fsp3) is 0.222. The Kier molecular flexibility index (Phi) is 6.95. The minimum Gasteiger partial charge on any atom is -0.348 e. The molecule has 0 bridgehead atoms. The van der Waals surface area contributed by atoms with E-state index < -0.39 is 21.6 Å². The van der Waals surface area contributed by atoms with E-state index in [1.165, 1.54) is 24.3 Å². The summed E-state index contributed by atoms with van der Waals surface area (Å²) in [4.78, 5) is 13.0. The summed E-state index contributed by atoms with van der Waals surface area (Å²) in [6.45, 7) is 1.80. The average molecular weight is 515 g/mol. The van der Waals surface area contributed by atoms with Gasteiger partial charge in [-0.25, -0.2) is 8.42 Å². The highest BCUT2D eigenvalue weighted by molar-refractivity contribution is 7.91. The van der Waals surface area contributed by atoms with E-state index in [9.17, 15) is 26.4 Å². The fourth-order valence-corrected chi connectivity index (χ4v) is 5.01. The maximum atomic E-state index is 13.4. The SMILES string of the molecule is CCS(=O)(=O)c1ccc(CNC(=O)c2ccc3c(c2)cc(Cc2ccccc2C(F)(F)F)n3C)cc1. The Labute approximate surface area is 207 Å². The zero-order valence-corrected chi connectivity index (χ0v) is 20.6. The quantitative estimate of drug-likeness (QED) is 0.354. The zero-order chi connectivity index (χ0) is 26.1. The van der Waals surface area contributed by atoms with Crippen molar-refractivity contribution < 1.29 is 26.4 Å². The van der Waals surface area contributed by atoms with E-state index in [-0.39, 0.29) is 35.1 Å². The molecule has 0 unspecified atom stereocenters. The van der Waals surface area contributed by atoms with Gasteiger partial charge in [0.25, 0.3) is 5.91 Å². The molecule has 188 valence electrons. The van der Waals surface area contributed by atoms with Crippen molar-refractivity contribution in [3.05, 3.63) is 101 Å². The van der Waals surface area contributed by atoms with Crippen LogP contribution in [0, 0.1) is 0 Å². The second-order valence-corrected chi connectivity index (χ2v) is 10.8. The molecule has 3 aromatic carbocycles. The normalized spacial score (nSPS) is 12.1. The van der Waals surface area contributed by atoms with Gasteiger partial charge in [-0.2, -0.15) is 13.2 Å². The number of fused-ring (bicyclic) bond motifs is 1. The number of alkyl halides is 3. The number of nitrogens with one attached hydrogen (secondary N) is 1. The van der Waals surface area contributed by atoms with Crippen molar-refractivity contribution in [1.82, 2.24) is 9.88 Å². The number of amides is 1. The van der Waals surface area contributed by atoms with E-state index in [1.807, 2.05) is 4.57 Å². The molecule has 1 N–H and O–H groups in total. The van der Waals surface area contributed by atoms with Crippen molar-refractivity contribution in [2.75, 3.05) is 5.75 Å². The van der Waals surface area contributed by atoms with Gasteiger partial charge in [0.05, 0.1) is 16.2 Å². The van der Waals surface area contributed by atoms with Crippen molar-refractivity contribution in [2.24, 2.45) is 7.05 Å². The minimum atomic E-state index is -4.43. The van der Waals surface area contributed by atoms with Crippen LogP contribution in [0.15, 0.2) is 77.7 Å². The summed E-state index contributed by atoms with van der Waals surface area (Å²) in [5, 5.41) is 3.57. The standard InChI is InChI=1S/C27H25F3N2O3S/c1-3-36(34,35)23-11-8-18(9-12-23)17-31-26(33)20-10-13-25-21(14-20)16-22(32(25)2)15-19-6-4-5-7-24(19)27(28,29)30/h4-14,16H,3,15,17H2,1-2H3,(H,31,33). The van der Waals surface area contributed by atoms with E-state index in [0.29, 0.717) is 11.3 Å². The molecule has 0 radical (unpaired) electrons. The van der Waals surface area contributed by atoms with E-state index in [0.717, 1.165) is 22.5 Å². The number of nitrogens with zero attached hydrogens (tertiary/aromatic N) is 1. The van der Waals surface area contributed by atoms with Crippen LogP contribution in [0.3, 0.4) is 0 Å². The average Bonchev–Trinajstić information content (AvgIpc) is 3.16. The lowest BCUT2D eigenvalue weighted by Gasteiger charge is -2.13. The number of aryl methyl sites for hydroxylation is 1. The number of hydrogen-bond donors (Lipinski definition) is 1. The summed E-state index contributed by atoms with van der Waals surface area (Å²) in [6, 6.07) is 18.8. The zero-order valence-electron chi connectivity index (χ0n) is 19.8. The van der Waals surface area contributed by atoms with Crippen LogP contribution >= 0.6 is 0 Å². The first-order valence-corrected chi connectivity index (χ1v) is 13.0. The molecule has 1 amide bonds. The molecule has 0 atom stereocenters. The van der Waals surface area contributed by atoms with E-state index >= 15 is 0 Å². The predicted molar refractivity (Wildman–Crippen MR) is 133 cm³/mol. The molecular formula is C27H25F3N2O3S. The van der Waals surface area contributed by atoms with Gasteiger partial charge in [0.2, 0.25) is 0 Å². The maximum Gasteiger partial charge on any atom is 0.416 e. The summed E-state index contributed by atoms with van der Waals surface area (Å²) in [7, 11) is -1.50. The summed E-state index contributed by atoms with van der Waals surface area (Å²) in [6.07, 6.45) is -4.33. The summed E-state index contributed by atoms with van der Waals surface area (Å²) in [5.41, 5.74) is 2.20. The van der Waals surface area contributed by atoms with Crippen LogP contribution in [-0.4, -0.2) is 24.6 Å². The van der Waals surface area contributed by atoms with Crippen LogP contribution in [0.25, 0.3) is 10.9 Å². The number of benzene rings is 3. The third kappa shape index (κ3) is 5.31. The van der Waals surface area contributed by atoms with Crippen LogP contribution in [0.5, 0.6) is 0 Å². The number of aromatic nitrogens is 1. The van der Waals surface area contributed by atoms with Crippen molar-refractivity contribution in [2.45, 2.75) is 31.0 Å². The van der Waals surface area contributed by atoms with Crippen LogP contribution in [0.2, 0.25) is 0 Å². The van der Waals surface area contributed by atoms with Crippen molar-refractivity contribution in [1.29, 1.82) is 0 Å². The molecule has 4 rings (SSSR count). The summed E-state index contributed by atoms with van der Waals surface area (Å²) < 4.78 is 65.9. The monoisotopic (exact) mass is 514 g/mol. The minimum absolute atomic E-state index is 0.0155. The molecule has 5 nitrogen and oxygen atoms in total. The predicted octanol–water partition coefficient (Wildman–Crippen LogP) is 5.51. The van der Waals surface area contributed by atoms with Gasteiger partial charge in [-0.05, 0) is 53.6 Å². The Morgan fingerprint density at radius 2 is 1.67 bits per heavy atom. The molecule has 0 saturated heterocycles. The molecule has 0 aliphatic heterocycles. The van der Waals surface area contributed by atoms with Crippen LogP contribution < -0.4 is 5.32 Å². The molecule has 0 fully saturated rings. The Bertz CT molecular complexity index is 1520. The van der Waals surface area contributed by atoms with E-state index in [2.05, 4.69) is 5.32 Å². The maximum absolute atomic E-state index is 13.4. The lowest BCUT2D eigenvalue weighted by molar-refractivity contribution is -0.138. The molecule has 4 aromatic rings. The number of carbonyl (C=O) groups excluding carboxylic acids is 1. The molecular weight excluding hydrogens is 489 g/mol. The highest BCUT2D eigenvalue weighted by atomic mass is 32.2. The van der Waals surface area contributed by atoms with Crippen LogP contribution in [0.1, 0.15) is 39.7 Å². The van der Waals surface area contributed by atoms with Gasteiger partial charge in [-0.3, -0.25) is 4.79 Å². The van der Waals surface area contributed by atoms with Gasteiger partial charge in [0.1, 0.15) is 0 Å². The first-order valence-electron chi connectivity index (χ1n) is 11.3. The summed E-state index contributed by atoms with van der Waals surface area (Å²) >= 11 is 0. The van der Waals surface area contributed by atoms with Crippen LogP contribution in [0.4, 0.5) is 13.2 Å². The number of carbonyl (C=O) groups is 1. The smallest absolute Gasteiger partial charge is 0.348 e. The molecule has 0 saturated carbocycles. The second-order valence-electron chi connectivity index (χ2n) is 8.53. The van der Waals surface area contributed by atoms with Crippen molar-refractivity contribution in [3.8, 4) is 0 Å². The topological polar surface area (TPSA) is 68.2 Å². The molecule has 1 aromatic heterocycles. The first-order chi connectivity index (χ1) is 17.0. The van der Waals surface area contributed by atoms with Gasteiger partial charge < -0.3 is 9.88 Å². The largest absolute Gasteiger partial charge is 0.416 e. The van der Waals surface area contributed by atoms with Gasteiger partial charge in [0, 0.05) is 42.2 Å². The number of hydrogen-bond acceptors (Lipinski definition) is 3. The summed E-state index contributed by atoms with van der Waals surface area (Å²) in [5.74, 6) is -0.295. The lowest BCUT2D eigenvalue weighted by Crippen LogP contribution is -2.22. The Balaban J connectivity index is 1.51. The number of rotatable bonds is 7. The highest BCUT2D eigenvalue weighted by Gasteiger charge is 2.33. The van der Waals surface area contributed by atoms with Crippen LogP contribution in [-0.2, 0) is 36.0 Å². The van der Waals surface area contributed by atoms with Crippen molar-refractivity contribution in [3.63, 3.8) is 0 Å². The van der Waals surface area contributed by atoms with E-state index in [1.54, 1.807) is 56.4 Å². The highest BCUT2D eigenvalue weighted by Crippen LogP contribution is 2.33. The Morgan fingerprint density at radius 3 is 2.33 bits per heavy atom. The number of sulfone groups is 1. The molecule has 36 heavy (non-hydrogen) atoms. The third-order valence-corrected chi connectivity index (χ3v) is 7.96. The Hall–Kier alpha value is -3.59. The van der Waals surface area contributed by atoms with E-state index in [4.69, 9.17) is 0 Å². The lowest BCUT2D eigenvalue weighted by atomic mass is 10.0. The van der Waals surface area contributed by atoms with Gasteiger partial charge in [0.15, 0.2) is 9.84 Å². The molecule has 9 heteroatoms. The molecule has 1 heterocycles. The van der Waals surface area contributed by atoms with Gasteiger partial charge >= 0.3 is 6.18 Å². The van der Waals surface area contributed by atoms with Crippen molar-refractivity contribution >= 4 is 26.6 Å². The molecule has 0 aliphatic rings. The molecule has 0 spiro atoms. The fourth-order valence-electron chi connectivity index (χ4n) is 4.13. The molecule has 0 aliphatic carbocycles. The first kappa shape index (κ1) is 25.5. The third-order valence-electron chi connectivity index (χ3n) is 6.21. The van der Waals surface area contributed by atoms with Gasteiger partial charge in [-0.15, -0.1) is 0 Å².